The normalized spacial score (nSPS) is 12.9. The second-order valence-electron chi connectivity index (χ2n) is 4.30. The maximum absolute atomic E-state index is 4.50. The fraction of sp³-hybridized carbons (Fsp3) is 0.462. The van der Waals surface area contributed by atoms with Crippen molar-refractivity contribution in [3.8, 4) is 0 Å². The van der Waals surface area contributed by atoms with E-state index in [1.54, 1.807) is 11.3 Å². The summed E-state index contributed by atoms with van der Waals surface area (Å²) in [6.45, 7) is 5.14. The van der Waals surface area contributed by atoms with Gasteiger partial charge in [0.1, 0.15) is 0 Å². The molecule has 0 aliphatic rings. The average Bonchev–Trinajstić information content (AvgIpc) is 2.96. The Morgan fingerprint density at radius 2 is 2.33 bits per heavy atom. The van der Waals surface area contributed by atoms with Crippen molar-refractivity contribution in [2.75, 3.05) is 0 Å². The molecule has 0 unspecified atom stereocenters. The van der Waals surface area contributed by atoms with E-state index in [1.807, 2.05) is 11.7 Å². The summed E-state index contributed by atoms with van der Waals surface area (Å²) < 4.78 is 3.09. The third-order valence-corrected chi connectivity index (χ3v) is 5.02. The summed E-state index contributed by atoms with van der Waals surface area (Å²) in [5.74, 6) is 0. The Morgan fingerprint density at radius 1 is 1.56 bits per heavy atom. The van der Waals surface area contributed by atoms with Gasteiger partial charge in [-0.05, 0) is 40.7 Å². The zero-order chi connectivity index (χ0) is 13.1. The molecule has 0 aromatic carbocycles. The summed E-state index contributed by atoms with van der Waals surface area (Å²) in [6.07, 6.45) is 0.953. The van der Waals surface area contributed by atoms with E-state index in [-0.39, 0.29) is 0 Å². The fourth-order valence-corrected chi connectivity index (χ4v) is 3.42. The van der Waals surface area contributed by atoms with E-state index in [2.05, 4.69) is 57.7 Å². The lowest BCUT2D eigenvalue weighted by atomic mass is 10.2. The molecule has 1 N–H and O–H groups in total. The van der Waals surface area contributed by atoms with Crippen LogP contribution in [-0.4, -0.2) is 9.78 Å². The van der Waals surface area contributed by atoms with Crippen molar-refractivity contribution >= 4 is 27.3 Å². The van der Waals surface area contributed by atoms with Crippen LogP contribution in [0.5, 0.6) is 0 Å². The first-order valence-corrected chi connectivity index (χ1v) is 7.77. The van der Waals surface area contributed by atoms with E-state index in [0.717, 1.165) is 23.1 Å². The SMILES string of the molecule is CCc1nn(C)c(CN[C@@H](C)c2cccs2)c1Br. The van der Waals surface area contributed by atoms with Gasteiger partial charge in [-0.1, -0.05) is 13.0 Å². The summed E-state index contributed by atoms with van der Waals surface area (Å²) >= 11 is 5.43. The first-order valence-electron chi connectivity index (χ1n) is 6.10. The van der Waals surface area contributed by atoms with Crippen LogP contribution >= 0.6 is 27.3 Å². The van der Waals surface area contributed by atoms with E-state index < -0.39 is 0 Å². The molecule has 0 bridgehead atoms. The predicted octanol–water partition coefficient (Wildman–Crippen LogP) is 3.66. The molecule has 0 saturated carbocycles. The number of halogens is 1. The third kappa shape index (κ3) is 2.84. The smallest absolute Gasteiger partial charge is 0.0767 e. The molecule has 2 aromatic heterocycles. The molecule has 0 saturated heterocycles. The number of nitrogens with one attached hydrogen (secondary N) is 1. The van der Waals surface area contributed by atoms with Crippen LogP contribution in [0.3, 0.4) is 0 Å². The molecule has 2 rings (SSSR count). The van der Waals surface area contributed by atoms with E-state index in [9.17, 15) is 0 Å². The van der Waals surface area contributed by atoms with Gasteiger partial charge in [-0.3, -0.25) is 4.68 Å². The Balaban J connectivity index is 2.04. The first-order chi connectivity index (χ1) is 8.63. The van der Waals surface area contributed by atoms with E-state index in [4.69, 9.17) is 0 Å². The van der Waals surface area contributed by atoms with E-state index in [1.165, 1.54) is 10.6 Å². The Bertz CT molecular complexity index is 505. The molecule has 18 heavy (non-hydrogen) atoms. The fourth-order valence-electron chi connectivity index (χ4n) is 1.90. The van der Waals surface area contributed by atoms with Gasteiger partial charge < -0.3 is 5.32 Å². The highest BCUT2D eigenvalue weighted by Gasteiger charge is 2.13. The maximum atomic E-state index is 4.50. The third-order valence-electron chi connectivity index (χ3n) is 3.05. The summed E-state index contributed by atoms with van der Waals surface area (Å²) in [4.78, 5) is 1.36. The predicted molar refractivity (Wildman–Crippen MR) is 79.9 cm³/mol. The molecule has 5 heteroatoms. The van der Waals surface area contributed by atoms with Crippen LogP contribution in [0.15, 0.2) is 22.0 Å². The van der Waals surface area contributed by atoms with E-state index >= 15 is 0 Å². The van der Waals surface area contributed by atoms with Crippen molar-refractivity contribution in [1.82, 2.24) is 15.1 Å². The lowest BCUT2D eigenvalue weighted by Crippen LogP contribution is -2.19. The molecule has 0 spiro atoms. The summed E-state index contributed by atoms with van der Waals surface area (Å²) in [6, 6.07) is 4.63. The molecular weight excluding hydrogens is 310 g/mol. The second kappa shape index (κ2) is 5.99. The van der Waals surface area contributed by atoms with Crippen molar-refractivity contribution in [3.05, 3.63) is 38.3 Å². The molecule has 0 amide bonds. The zero-order valence-electron chi connectivity index (χ0n) is 10.9. The molecule has 0 aliphatic heterocycles. The highest BCUT2D eigenvalue weighted by atomic mass is 79.9. The van der Waals surface area contributed by atoms with Crippen LogP contribution in [-0.2, 0) is 20.0 Å². The molecule has 0 aliphatic carbocycles. The average molecular weight is 328 g/mol. The molecule has 0 radical (unpaired) electrons. The summed E-state index contributed by atoms with van der Waals surface area (Å²) in [5, 5.41) is 10.2. The van der Waals surface area contributed by atoms with Crippen LogP contribution in [0.25, 0.3) is 0 Å². The molecular formula is C13H18BrN3S. The number of hydrogen-bond donors (Lipinski definition) is 1. The molecule has 2 heterocycles. The van der Waals surface area contributed by atoms with Crippen molar-refractivity contribution < 1.29 is 0 Å². The summed E-state index contributed by atoms with van der Waals surface area (Å²) in [7, 11) is 2.00. The molecule has 1 atom stereocenters. The lowest BCUT2D eigenvalue weighted by Gasteiger charge is -2.12. The summed E-state index contributed by atoms with van der Waals surface area (Å²) in [5.41, 5.74) is 2.33. The number of thiophene rings is 1. The minimum Gasteiger partial charge on any atom is -0.304 e. The quantitative estimate of drug-likeness (QED) is 0.908. The van der Waals surface area contributed by atoms with Crippen LogP contribution < -0.4 is 5.32 Å². The topological polar surface area (TPSA) is 29.9 Å². The Morgan fingerprint density at radius 3 is 2.89 bits per heavy atom. The lowest BCUT2D eigenvalue weighted by molar-refractivity contribution is 0.553. The number of nitrogens with zero attached hydrogens (tertiary/aromatic N) is 2. The van der Waals surface area contributed by atoms with Crippen molar-refractivity contribution in [2.24, 2.45) is 7.05 Å². The van der Waals surface area contributed by atoms with Crippen LogP contribution in [0.1, 0.15) is 36.2 Å². The first kappa shape index (κ1) is 13.8. The number of hydrogen-bond acceptors (Lipinski definition) is 3. The van der Waals surface area contributed by atoms with Gasteiger partial charge in [0.05, 0.1) is 15.9 Å². The molecule has 98 valence electrons. The van der Waals surface area contributed by atoms with Crippen LogP contribution in [0, 0.1) is 0 Å². The molecule has 2 aromatic rings. The van der Waals surface area contributed by atoms with Gasteiger partial charge in [0.25, 0.3) is 0 Å². The maximum Gasteiger partial charge on any atom is 0.0767 e. The Kier molecular flexibility index (Phi) is 4.59. The second-order valence-corrected chi connectivity index (χ2v) is 6.07. The van der Waals surface area contributed by atoms with Gasteiger partial charge in [0.15, 0.2) is 0 Å². The van der Waals surface area contributed by atoms with Crippen molar-refractivity contribution in [2.45, 2.75) is 32.9 Å². The largest absolute Gasteiger partial charge is 0.304 e. The molecule has 0 fully saturated rings. The van der Waals surface area contributed by atoms with Crippen molar-refractivity contribution in [3.63, 3.8) is 0 Å². The van der Waals surface area contributed by atoms with Gasteiger partial charge in [-0.15, -0.1) is 11.3 Å². The minimum absolute atomic E-state index is 0.372. The zero-order valence-corrected chi connectivity index (χ0v) is 13.3. The highest BCUT2D eigenvalue weighted by molar-refractivity contribution is 9.10. The van der Waals surface area contributed by atoms with Crippen LogP contribution in [0.4, 0.5) is 0 Å². The Hall–Kier alpha value is -0.650. The monoisotopic (exact) mass is 327 g/mol. The minimum atomic E-state index is 0.372. The Labute approximate surface area is 120 Å². The van der Waals surface area contributed by atoms with Gasteiger partial charge in [-0.2, -0.15) is 5.10 Å². The van der Waals surface area contributed by atoms with Gasteiger partial charge in [-0.25, -0.2) is 0 Å². The standard InChI is InChI=1S/C13H18BrN3S/c1-4-10-13(14)11(17(3)16-10)8-15-9(2)12-6-5-7-18-12/h5-7,9,15H,4,8H2,1-3H3/t9-/m0/s1. The van der Waals surface area contributed by atoms with Gasteiger partial charge >= 0.3 is 0 Å². The van der Waals surface area contributed by atoms with Crippen LogP contribution in [0.2, 0.25) is 0 Å². The highest BCUT2D eigenvalue weighted by Crippen LogP contribution is 2.23. The van der Waals surface area contributed by atoms with Gasteiger partial charge in [0, 0.05) is 24.5 Å². The number of aromatic nitrogens is 2. The number of rotatable bonds is 5. The van der Waals surface area contributed by atoms with Crippen molar-refractivity contribution in [1.29, 1.82) is 0 Å². The van der Waals surface area contributed by atoms with E-state index in [0.29, 0.717) is 6.04 Å². The molecule has 3 nitrogen and oxygen atoms in total. The number of aryl methyl sites for hydroxylation is 2. The van der Waals surface area contributed by atoms with Gasteiger partial charge in [0.2, 0.25) is 0 Å².